The highest BCUT2D eigenvalue weighted by atomic mass is 35.5. The van der Waals surface area contributed by atoms with E-state index in [9.17, 15) is 19.1 Å². The maximum Gasteiger partial charge on any atom is 0.294 e. The van der Waals surface area contributed by atoms with Gasteiger partial charge in [0.2, 0.25) is 0 Å². The molecule has 1 aliphatic rings. The fraction of sp³-hybridized carbons (Fsp3) is 0.154. The minimum absolute atomic E-state index is 0.00960. The molecule has 33 heavy (non-hydrogen) atoms. The molecule has 1 unspecified atom stereocenters. The number of aliphatic hydroxyl groups excluding tert-OH is 1. The first-order valence-electron chi connectivity index (χ1n) is 10.3. The minimum Gasteiger partial charge on any atom is -0.503 e. The molecule has 0 saturated heterocycles. The lowest BCUT2D eigenvalue weighted by Crippen LogP contribution is -2.31. The number of halogens is 2. The number of Topliss-reactive ketones (excluding diaryl/α,β-unsaturated/α-hetero) is 1. The molecule has 0 saturated carbocycles. The second-order valence-corrected chi connectivity index (χ2v) is 8.03. The lowest BCUT2D eigenvalue weighted by Gasteiger charge is -2.27. The number of ether oxygens (including phenoxy) is 1. The van der Waals surface area contributed by atoms with Crippen LogP contribution in [0, 0.1) is 5.82 Å². The molecule has 3 aromatic rings. The molecule has 0 spiro atoms. The summed E-state index contributed by atoms with van der Waals surface area (Å²) in [6.07, 6.45) is 0.563. The summed E-state index contributed by atoms with van der Waals surface area (Å²) in [7, 11) is 1.51. The first kappa shape index (κ1) is 22.6. The number of methoxy groups -OCH3 is 1. The molecule has 4 rings (SSSR count). The summed E-state index contributed by atoms with van der Waals surface area (Å²) in [6, 6.07) is 19.3. The molecule has 7 heteroatoms. The molecule has 1 atom stereocenters. The molecule has 1 N–H and O–H groups in total. The largest absolute Gasteiger partial charge is 0.503 e. The summed E-state index contributed by atoms with van der Waals surface area (Å²) >= 11 is 5.96. The third-order valence-electron chi connectivity index (χ3n) is 5.58. The summed E-state index contributed by atoms with van der Waals surface area (Å²) in [5.74, 6) is -1.84. The van der Waals surface area contributed by atoms with Gasteiger partial charge in [-0.25, -0.2) is 4.39 Å². The van der Waals surface area contributed by atoms with E-state index in [1.54, 1.807) is 24.3 Å². The highest BCUT2D eigenvalue weighted by molar-refractivity contribution is 6.31. The molecule has 3 aromatic carbocycles. The predicted octanol–water partition coefficient (Wildman–Crippen LogP) is 5.59. The van der Waals surface area contributed by atoms with Crippen molar-refractivity contribution in [1.82, 2.24) is 0 Å². The Labute approximate surface area is 195 Å². The van der Waals surface area contributed by atoms with Crippen molar-refractivity contribution in [3.8, 4) is 5.75 Å². The summed E-state index contributed by atoms with van der Waals surface area (Å²) < 4.78 is 19.1. The van der Waals surface area contributed by atoms with Crippen molar-refractivity contribution >= 4 is 29.0 Å². The van der Waals surface area contributed by atoms with Gasteiger partial charge in [-0.1, -0.05) is 54.1 Å². The lowest BCUT2D eigenvalue weighted by atomic mass is 9.93. The lowest BCUT2D eigenvalue weighted by molar-refractivity contribution is -0.118. The second-order valence-electron chi connectivity index (χ2n) is 7.62. The van der Waals surface area contributed by atoms with Gasteiger partial charge in [0.15, 0.2) is 11.5 Å². The zero-order chi connectivity index (χ0) is 23.5. The van der Waals surface area contributed by atoms with Crippen LogP contribution in [0.4, 0.5) is 10.1 Å². The number of benzene rings is 3. The number of aryl methyl sites for hydroxylation is 1. The Hall–Kier alpha value is -3.64. The minimum atomic E-state index is -0.919. The fourth-order valence-corrected chi connectivity index (χ4v) is 4.13. The number of rotatable bonds is 7. The number of ketones is 1. The van der Waals surface area contributed by atoms with E-state index in [4.69, 9.17) is 16.3 Å². The van der Waals surface area contributed by atoms with Crippen LogP contribution in [0.15, 0.2) is 84.1 Å². The zero-order valence-corrected chi connectivity index (χ0v) is 18.6. The Morgan fingerprint density at radius 1 is 1.09 bits per heavy atom. The van der Waals surface area contributed by atoms with Crippen molar-refractivity contribution in [3.63, 3.8) is 0 Å². The highest BCUT2D eigenvalue weighted by Crippen LogP contribution is 2.42. The standard InChI is InChI=1S/C26H21ClFNO4/c1-33-19-9-5-8-17(14-19)24-23(22(30)13-10-16-6-3-2-4-7-16)25(31)26(32)29(24)18-11-12-21(28)20(27)15-18/h2-9,11-12,14-15,24,31H,10,13H2,1H3. The maximum absolute atomic E-state index is 13.8. The van der Waals surface area contributed by atoms with Crippen molar-refractivity contribution < 1.29 is 23.8 Å². The smallest absolute Gasteiger partial charge is 0.294 e. The molecule has 0 radical (unpaired) electrons. The van der Waals surface area contributed by atoms with Crippen LogP contribution in [-0.4, -0.2) is 23.9 Å². The van der Waals surface area contributed by atoms with Crippen molar-refractivity contribution in [2.24, 2.45) is 0 Å². The Morgan fingerprint density at radius 3 is 2.55 bits per heavy atom. The number of carbonyl (C=O) groups excluding carboxylic acids is 2. The number of hydrogen-bond acceptors (Lipinski definition) is 4. The molecule has 168 valence electrons. The van der Waals surface area contributed by atoms with Crippen LogP contribution in [0.1, 0.15) is 23.6 Å². The van der Waals surface area contributed by atoms with Crippen LogP contribution in [0.3, 0.4) is 0 Å². The topological polar surface area (TPSA) is 66.8 Å². The molecule has 0 bridgehead atoms. The van der Waals surface area contributed by atoms with Gasteiger partial charge in [0, 0.05) is 12.1 Å². The van der Waals surface area contributed by atoms with Gasteiger partial charge in [-0.3, -0.25) is 14.5 Å². The average molecular weight is 466 g/mol. The van der Waals surface area contributed by atoms with E-state index in [0.29, 0.717) is 17.7 Å². The van der Waals surface area contributed by atoms with Gasteiger partial charge in [0.05, 0.1) is 23.7 Å². The van der Waals surface area contributed by atoms with Gasteiger partial charge >= 0.3 is 0 Å². The van der Waals surface area contributed by atoms with Gasteiger partial charge in [-0.05, 0) is 47.9 Å². The van der Waals surface area contributed by atoms with E-state index in [1.807, 2.05) is 30.3 Å². The van der Waals surface area contributed by atoms with Crippen molar-refractivity contribution in [3.05, 3.63) is 106 Å². The molecule has 0 aliphatic carbocycles. The summed E-state index contributed by atoms with van der Waals surface area (Å²) in [4.78, 5) is 27.7. The van der Waals surface area contributed by atoms with Gasteiger partial charge < -0.3 is 9.84 Å². The summed E-state index contributed by atoms with van der Waals surface area (Å²) in [6.45, 7) is 0. The van der Waals surface area contributed by atoms with E-state index < -0.39 is 23.5 Å². The summed E-state index contributed by atoms with van der Waals surface area (Å²) in [5.41, 5.74) is 1.78. The first-order valence-corrected chi connectivity index (χ1v) is 10.7. The molecular formula is C26H21ClFNO4. The highest BCUT2D eigenvalue weighted by Gasteiger charge is 2.44. The Morgan fingerprint density at radius 2 is 1.85 bits per heavy atom. The molecule has 0 aromatic heterocycles. The Bertz CT molecular complexity index is 1240. The van der Waals surface area contributed by atoms with Crippen molar-refractivity contribution in [2.45, 2.75) is 18.9 Å². The van der Waals surface area contributed by atoms with Crippen LogP contribution >= 0.6 is 11.6 Å². The van der Waals surface area contributed by atoms with E-state index in [0.717, 1.165) is 11.6 Å². The monoisotopic (exact) mass is 465 g/mol. The fourth-order valence-electron chi connectivity index (χ4n) is 3.96. The average Bonchev–Trinajstić information content (AvgIpc) is 3.10. The number of aliphatic hydroxyl groups is 1. The third-order valence-corrected chi connectivity index (χ3v) is 5.87. The van der Waals surface area contributed by atoms with Crippen molar-refractivity contribution in [1.29, 1.82) is 0 Å². The first-order chi connectivity index (χ1) is 15.9. The van der Waals surface area contributed by atoms with Crippen LogP contribution in [0.5, 0.6) is 5.75 Å². The maximum atomic E-state index is 13.8. The zero-order valence-electron chi connectivity index (χ0n) is 17.8. The van der Waals surface area contributed by atoms with Crippen LogP contribution in [0.25, 0.3) is 0 Å². The Balaban J connectivity index is 1.76. The number of hydrogen-bond donors (Lipinski definition) is 1. The van der Waals surface area contributed by atoms with E-state index in [-0.39, 0.29) is 28.5 Å². The number of anilines is 1. The molecule has 0 fully saturated rings. The normalized spacial score (nSPS) is 15.8. The van der Waals surface area contributed by atoms with Gasteiger partial charge in [0.1, 0.15) is 11.6 Å². The SMILES string of the molecule is COc1cccc(C2C(C(=O)CCc3ccccc3)=C(O)C(=O)N2c2ccc(F)c(Cl)c2)c1. The number of carbonyl (C=O) groups is 2. The predicted molar refractivity (Wildman–Crippen MR) is 124 cm³/mol. The molecule has 1 aliphatic heterocycles. The van der Waals surface area contributed by atoms with Gasteiger partial charge in [-0.2, -0.15) is 0 Å². The van der Waals surface area contributed by atoms with E-state index in [2.05, 4.69) is 0 Å². The summed E-state index contributed by atoms with van der Waals surface area (Å²) in [5, 5.41) is 10.6. The Kier molecular flexibility index (Phi) is 6.47. The van der Waals surface area contributed by atoms with Crippen LogP contribution < -0.4 is 9.64 Å². The second kappa shape index (κ2) is 9.46. The van der Waals surface area contributed by atoms with Crippen LogP contribution in [0.2, 0.25) is 5.02 Å². The molecule has 1 amide bonds. The van der Waals surface area contributed by atoms with Gasteiger partial charge in [-0.15, -0.1) is 0 Å². The van der Waals surface area contributed by atoms with Crippen molar-refractivity contribution in [2.75, 3.05) is 12.0 Å². The van der Waals surface area contributed by atoms with E-state index in [1.165, 1.54) is 24.1 Å². The van der Waals surface area contributed by atoms with Crippen LogP contribution in [-0.2, 0) is 16.0 Å². The third kappa shape index (κ3) is 4.47. The molecule has 1 heterocycles. The molecule has 5 nitrogen and oxygen atoms in total. The molecular weight excluding hydrogens is 445 g/mol. The number of nitrogens with zero attached hydrogens (tertiary/aromatic N) is 1. The quantitative estimate of drug-likeness (QED) is 0.494. The van der Waals surface area contributed by atoms with Gasteiger partial charge in [0.25, 0.3) is 5.91 Å². The number of amides is 1. The van der Waals surface area contributed by atoms with E-state index >= 15 is 0 Å².